The van der Waals surface area contributed by atoms with Gasteiger partial charge in [0.1, 0.15) is 0 Å². The molecule has 25 heavy (non-hydrogen) atoms. The molecule has 2 rings (SSSR count). The van der Waals surface area contributed by atoms with Crippen LogP contribution in [0.25, 0.3) is 0 Å². The molecule has 3 heteroatoms. The summed E-state index contributed by atoms with van der Waals surface area (Å²) < 4.78 is 0. The minimum Gasteiger partial charge on any atom is -1.00 e. The van der Waals surface area contributed by atoms with Gasteiger partial charge in [0.05, 0.1) is 0 Å². The Morgan fingerprint density at radius 2 is 0.800 bits per heavy atom. The summed E-state index contributed by atoms with van der Waals surface area (Å²) in [5.41, 5.74) is 15.1. The van der Waals surface area contributed by atoms with Crippen LogP contribution in [0, 0.1) is 95.3 Å². The van der Waals surface area contributed by atoms with Crippen molar-refractivity contribution in [1.82, 2.24) is 0 Å². The first-order chi connectivity index (χ1) is 10.2. The van der Waals surface area contributed by atoms with Gasteiger partial charge in [-0.2, -0.15) is 55.6 Å². The van der Waals surface area contributed by atoms with Crippen molar-refractivity contribution in [2.45, 2.75) is 82.1 Å². The van der Waals surface area contributed by atoms with Crippen molar-refractivity contribution >= 4 is 0 Å². The topological polar surface area (TPSA) is 0 Å². The zero-order valence-electron chi connectivity index (χ0n) is 17.7. The van der Waals surface area contributed by atoms with E-state index in [0.717, 1.165) is 0 Å². The van der Waals surface area contributed by atoms with Crippen LogP contribution >= 0.6 is 0 Å². The van der Waals surface area contributed by atoms with Crippen molar-refractivity contribution < 1.29 is 64.8 Å². The van der Waals surface area contributed by atoms with Gasteiger partial charge in [-0.25, -0.2) is 0 Å². The Morgan fingerprint density at radius 1 is 0.560 bits per heavy atom. The predicted octanol–water partition coefficient (Wildman–Crippen LogP) is 0.411. The Bertz CT molecular complexity index is 551. The monoisotopic (exact) mass is 600 g/mol. The molecule has 2 aromatic rings. The standard InChI is InChI=1S/2C11H17.2ClH.Th/c2*1-6-11-9(4)7(2)8(3)10(11)5;;;/h2*6H2,1-5H3;2*1H;/q2*-1;;;+4/p-2. The van der Waals surface area contributed by atoms with Gasteiger partial charge in [0.2, 0.25) is 0 Å². The largest absolute Gasteiger partial charge is 4.00 e. The molecule has 0 amide bonds. The molecule has 0 saturated heterocycles. The molecule has 0 aliphatic heterocycles. The van der Waals surface area contributed by atoms with Crippen LogP contribution in [0.2, 0.25) is 0 Å². The maximum atomic E-state index is 2.23. The Hall–Kier alpha value is 0.605. The summed E-state index contributed by atoms with van der Waals surface area (Å²) in [7, 11) is 0. The van der Waals surface area contributed by atoms with Gasteiger partial charge in [-0.3, -0.25) is 0 Å². The van der Waals surface area contributed by atoms with E-state index >= 15 is 0 Å². The van der Waals surface area contributed by atoms with Crippen LogP contribution in [0.3, 0.4) is 0 Å². The van der Waals surface area contributed by atoms with Gasteiger partial charge in [-0.1, -0.05) is 82.1 Å². The normalized spacial score (nSPS) is 9.36. The third-order valence-electron chi connectivity index (χ3n) is 5.89. The quantitative estimate of drug-likeness (QED) is 0.438. The zero-order valence-corrected chi connectivity index (χ0v) is 23.3. The van der Waals surface area contributed by atoms with Crippen molar-refractivity contribution in [3.63, 3.8) is 0 Å². The number of rotatable bonds is 2. The van der Waals surface area contributed by atoms with Crippen LogP contribution in [0.5, 0.6) is 0 Å². The Kier molecular flexibility index (Phi) is 15.6. The summed E-state index contributed by atoms with van der Waals surface area (Å²) in [4.78, 5) is 0. The summed E-state index contributed by atoms with van der Waals surface area (Å²) in [6.07, 6.45) is 2.35. The molecule has 0 bridgehead atoms. The van der Waals surface area contributed by atoms with E-state index in [-0.39, 0.29) is 64.8 Å². The van der Waals surface area contributed by atoms with E-state index in [2.05, 4.69) is 69.2 Å². The van der Waals surface area contributed by atoms with Crippen molar-refractivity contribution in [2.24, 2.45) is 0 Å². The van der Waals surface area contributed by atoms with Gasteiger partial charge in [-0.05, 0) is 0 Å². The van der Waals surface area contributed by atoms with Crippen molar-refractivity contribution in [3.05, 3.63) is 55.6 Å². The molecular formula is C22H34Cl2Th. The molecule has 0 heterocycles. The smallest absolute Gasteiger partial charge is 1.00 e. The maximum Gasteiger partial charge on any atom is 4.00 e. The molecule has 140 valence electrons. The fourth-order valence-electron chi connectivity index (χ4n) is 3.65. The first kappa shape index (κ1) is 30.3. The van der Waals surface area contributed by atoms with E-state index in [9.17, 15) is 0 Å². The van der Waals surface area contributed by atoms with Gasteiger partial charge in [0.15, 0.2) is 0 Å². The summed E-state index contributed by atoms with van der Waals surface area (Å²) in [5.74, 6) is 0. The van der Waals surface area contributed by atoms with E-state index in [1.54, 1.807) is 11.1 Å². The molecule has 0 radical (unpaired) electrons. The summed E-state index contributed by atoms with van der Waals surface area (Å²) in [5, 5.41) is 0. The van der Waals surface area contributed by atoms with Gasteiger partial charge < -0.3 is 24.8 Å². The summed E-state index contributed by atoms with van der Waals surface area (Å²) in [6, 6.07) is 0. The molecule has 0 atom stereocenters. The first-order valence-electron chi connectivity index (χ1n) is 8.62. The Labute approximate surface area is 200 Å². The van der Waals surface area contributed by atoms with Crippen LogP contribution in [0.15, 0.2) is 0 Å². The molecule has 0 spiro atoms. The average molecular weight is 601 g/mol. The van der Waals surface area contributed by atoms with E-state index in [1.807, 2.05) is 0 Å². The number of hydrogen-bond acceptors (Lipinski definition) is 0. The average Bonchev–Trinajstić information content (AvgIpc) is 2.81. The third kappa shape index (κ3) is 6.32. The minimum absolute atomic E-state index is 0. The Morgan fingerprint density at radius 3 is 0.880 bits per heavy atom. The SMILES string of the molecule is CCc1c(C)c(C)c(C)[c-]1C.CCc1c(C)c(C)c(C)[c-]1C.[Cl-].[Cl-].[Th+4]. The van der Waals surface area contributed by atoms with E-state index in [4.69, 9.17) is 0 Å². The van der Waals surface area contributed by atoms with Crippen molar-refractivity contribution in [2.75, 3.05) is 0 Å². The molecular weight excluding hydrogens is 567 g/mol. The second kappa shape index (κ2) is 12.9. The number of halogens is 2. The third-order valence-corrected chi connectivity index (χ3v) is 5.89. The maximum absolute atomic E-state index is 2.23. The summed E-state index contributed by atoms with van der Waals surface area (Å²) >= 11 is 0. The molecule has 2 aromatic carbocycles. The zero-order chi connectivity index (χ0) is 17.2. The molecule has 0 N–H and O–H groups in total. The molecule has 0 saturated carbocycles. The second-order valence-corrected chi connectivity index (χ2v) is 6.66. The minimum atomic E-state index is 0. The second-order valence-electron chi connectivity index (χ2n) is 6.66. The molecule has 0 nitrogen and oxygen atoms in total. The van der Waals surface area contributed by atoms with Crippen LogP contribution in [0.4, 0.5) is 0 Å². The summed E-state index contributed by atoms with van der Waals surface area (Å²) in [6.45, 7) is 22.3. The fraction of sp³-hybridized carbons (Fsp3) is 0.545. The number of hydrogen-bond donors (Lipinski definition) is 0. The van der Waals surface area contributed by atoms with Crippen LogP contribution in [-0.2, 0) is 12.8 Å². The molecule has 0 aromatic heterocycles. The molecule has 0 aliphatic carbocycles. The molecule has 0 aliphatic rings. The van der Waals surface area contributed by atoms with Gasteiger partial charge in [-0.15, -0.1) is 0 Å². The van der Waals surface area contributed by atoms with Gasteiger partial charge in [0, 0.05) is 0 Å². The van der Waals surface area contributed by atoms with Gasteiger partial charge >= 0.3 is 39.9 Å². The van der Waals surface area contributed by atoms with E-state index < -0.39 is 0 Å². The van der Waals surface area contributed by atoms with Crippen LogP contribution < -0.4 is 24.8 Å². The van der Waals surface area contributed by atoms with Crippen molar-refractivity contribution in [1.29, 1.82) is 0 Å². The predicted molar refractivity (Wildman–Crippen MR) is 101 cm³/mol. The Balaban J connectivity index is -0.000000346. The molecule has 0 fully saturated rings. The van der Waals surface area contributed by atoms with E-state index in [0.29, 0.717) is 0 Å². The fourth-order valence-corrected chi connectivity index (χ4v) is 3.65. The van der Waals surface area contributed by atoms with Crippen LogP contribution in [-0.4, -0.2) is 0 Å². The van der Waals surface area contributed by atoms with Crippen molar-refractivity contribution in [3.8, 4) is 0 Å². The molecule has 0 unspecified atom stereocenters. The van der Waals surface area contributed by atoms with Crippen LogP contribution in [0.1, 0.15) is 69.5 Å². The van der Waals surface area contributed by atoms with E-state index in [1.165, 1.54) is 57.3 Å². The first-order valence-corrected chi connectivity index (χ1v) is 8.62. The van der Waals surface area contributed by atoms with Gasteiger partial charge in [0.25, 0.3) is 0 Å².